The summed E-state index contributed by atoms with van der Waals surface area (Å²) in [6.07, 6.45) is 0. The lowest BCUT2D eigenvalue weighted by Gasteiger charge is -2.13. The number of hydrogen-bond donors (Lipinski definition) is 2. The molecule has 0 amide bonds. The van der Waals surface area contributed by atoms with Gasteiger partial charge in [0.2, 0.25) is 10.0 Å². The maximum absolute atomic E-state index is 11.2. The second kappa shape index (κ2) is 6.01. The molecule has 1 unspecified atom stereocenters. The average molecular weight is 311 g/mol. The van der Waals surface area contributed by atoms with Crippen molar-refractivity contribution in [1.82, 2.24) is 10.3 Å². The van der Waals surface area contributed by atoms with Crippen LogP contribution in [0.25, 0.3) is 0 Å². The first kappa shape index (κ1) is 15.1. The van der Waals surface area contributed by atoms with Crippen molar-refractivity contribution in [3.05, 3.63) is 45.9 Å². The van der Waals surface area contributed by atoms with Crippen molar-refractivity contribution in [1.29, 1.82) is 0 Å². The van der Waals surface area contributed by atoms with Crippen LogP contribution in [-0.4, -0.2) is 13.4 Å². The third-order valence-corrected chi connectivity index (χ3v) is 5.08. The molecule has 1 aromatic carbocycles. The molecule has 1 heterocycles. The molecule has 0 aliphatic rings. The highest BCUT2D eigenvalue weighted by molar-refractivity contribution is 7.89. The van der Waals surface area contributed by atoms with Crippen molar-refractivity contribution in [2.75, 3.05) is 0 Å². The molecule has 0 fully saturated rings. The number of benzene rings is 1. The van der Waals surface area contributed by atoms with E-state index in [1.807, 2.05) is 12.4 Å². The zero-order valence-electron chi connectivity index (χ0n) is 11.3. The Labute approximate surface area is 122 Å². The lowest BCUT2D eigenvalue weighted by Crippen LogP contribution is -2.18. The summed E-state index contributed by atoms with van der Waals surface area (Å²) in [5, 5.41) is 8.45. The van der Waals surface area contributed by atoms with Crippen molar-refractivity contribution in [3.8, 4) is 0 Å². The van der Waals surface area contributed by atoms with Gasteiger partial charge in [-0.2, -0.15) is 0 Å². The normalized spacial score (nSPS) is 13.3. The van der Waals surface area contributed by atoms with E-state index in [0.717, 1.165) is 11.3 Å². The van der Waals surface area contributed by atoms with Crippen molar-refractivity contribution < 1.29 is 8.42 Å². The molecular weight excluding hydrogens is 294 g/mol. The smallest absolute Gasteiger partial charge is 0.238 e. The van der Waals surface area contributed by atoms with Gasteiger partial charge in [-0.25, -0.2) is 18.5 Å². The predicted molar refractivity (Wildman–Crippen MR) is 79.9 cm³/mol. The van der Waals surface area contributed by atoms with Gasteiger partial charge in [0.1, 0.15) is 0 Å². The Morgan fingerprint density at radius 1 is 1.35 bits per heavy atom. The van der Waals surface area contributed by atoms with E-state index < -0.39 is 10.0 Å². The number of sulfonamides is 1. The van der Waals surface area contributed by atoms with E-state index in [1.54, 1.807) is 23.5 Å². The summed E-state index contributed by atoms with van der Waals surface area (Å²) >= 11 is 1.63. The molecule has 2 aromatic rings. The van der Waals surface area contributed by atoms with E-state index in [1.165, 1.54) is 17.0 Å². The van der Waals surface area contributed by atoms with Gasteiger partial charge in [-0.1, -0.05) is 12.1 Å². The van der Waals surface area contributed by atoms with E-state index in [0.29, 0.717) is 6.54 Å². The van der Waals surface area contributed by atoms with Crippen molar-refractivity contribution in [2.24, 2.45) is 5.14 Å². The van der Waals surface area contributed by atoms with Crippen LogP contribution in [0.4, 0.5) is 0 Å². The van der Waals surface area contributed by atoms with Crippen LogP contribution in [0, 0.1) is 6.92 Å². The van der Waals surface area contributed by atoms with Gasteiger partial charge in [-0.15, -0.1) is 11.3 Å². The summed E-state index contributed by atoms with van der Waals surface area (Å²) in [6, 6.07) is 6.78. The SMILES string of the molecule is Cc1ncsc1C(C)NCc1ccc(S(N)(=O)=O)cc1. The van der Waals surface area contributed by atoms with Crippen molar-refractivity contribution in [3.63, 3.8) is 0 Å². The number of nitrogens with two attached hydrogens (primary N) is 1. The highest BCUT2D eigenvalue weighted by Crippen LogP contribution is 2.21. The third kappa shape index (κ3) is 3.63. The second-order valence-corrected chi connectivity index (χ2v) is 7.04. The fraction of sp³-hybridized carbons (Fsp3) is 0.308. The van der Waals surface area contributed by atoms with E-state index in [2.05, 4.69) is 17.2 Å². The number of nitrogens with zero attached hydrogens (tertiary/aromatic N) is 1. The number of aryl methyl sites for hydroxylation is 1. The molecule has 0 aliphatic carbocycles. The Hall–Kier alpha value is -1.28. The predicted octanol–water partition coefficient (Wildman–Crippen LogP) is 1.95. The van der Waals surface area contributed by atoms with Gasteiger partial charge in [-0.3, -0.25) is 0 Å². The van der Waals surface area contributed by atoms with Gasteiger partial charge in [0.05, 0.1) is 16.1 Å². The minimum absolute atomic E-state index is 0.132. The van der Waals surface area contributed by atoms with Gasteiger partial charge < -0.3 is 5.32 Å². The largest absolute Gasteiger partial charge is 0.305 e. The van der Waals surface area contributed by atoms with E-state index >= 15 is 0 Å². The number of hydrogen-bond acceptors (Lipinski definition) is 5. The maximum atomic E-state index is 11.2. The van der Waals surface area contributed by atoms with Crippen LogP contribution in [0.2, 0.25) is 0 Å². The zero-order chi connectivity index (χ0) is 14.8. The topological polar surface area (TPSA) is 85.1 Å². The molecule has 1 atom stereocenters. The molecule has 0 saturated heterocycles. The van der Waals surface area contributed by atoms with Gasteiger partial charge in [0, 0.05) is 17.5 Å². The van der Waals surface area contributed by atoms with E-state index in [4.69, 9.17) is 5.14 Å². The number of rotatable bonds is 5. The Kier molecular flexibility index (Phi) is 4.54. The summed E-state index contributed by atoms with van der Waals surface area (Å²) in [5.74, 6) is 0. The highest BCUT2D eigenvalue weighted by atomic mass is 32.2. The van der Waals surface area contributed by atoms with E-state index in [9.17, 15) is 8.42 Å². The number of nitrogens with one attached hydrogen (secondary N) is 1. The van der Waals surface area contributed by atoms with Crippen LogP contribution < -0.4 is 10.5 Å². The number of aromatic nitrogens is 1. The highest BCUT2D eigenvalue weighted by Gasteiger charge is 2.11. The first-order valence-electron chi connectivity index (χ1n) is 6.13. The molecule has 1 aromatic heterocycles. The van der Waals surface area contributed by atoms with Crippen LogP contribution in [0.1, 0.15) is 29.1 Å². The standard InChI is InChI=1S/C13H17N3O2S2/c1-9(13-10(2)16-8-19-13)15-7-11-3-5-12(6-4-11)20(14,17)18/h3-6,8-9,15H,7H2,1-2H3,(H2,14,17,18). The fourth-order valence-electron chi connectivity index (χ4n) is 1.89. The van der Waals surface area contributed by atoms with Crippen LogP contribution in [0.5, 0.6) is 0 Å². The monoisotopic (exact) mass is 311 g/mol. The zero-order valence-corrected chi connectivity index (χ0v) is 13.0. The van der Waals surface area contributed by atoms with Gasteiger partial charge >= 0.3 is 0 Å². The molecule has 3 N–H and O–H groups in total. The lowest BCUT2D eigenvalue weighted by molar-refractivity contribution is 0.579. The molecule has 0 saturated carbocycles. The Bertz CT molecular complexity index is 678. The minimum atomic E-state index is -3.62. The average Bonchev–Trinajstić information content (AvgIpc) is 2.82. The van der Waals surface area contributed by atoms with Crippen molar-refractivity contribution in [2.45, 2.75) is 31.3 Å². The first-order valence-corrected chi connectivity index (χ1v) is 8.55. The van der Waals surface area contributed by atoms with Crippen LogP contribution in [-0.2, 0) is 16.6 Å². The molecule has 0 spiro atoms. The van der Waals surface area contributed by atoms with Crippen LogP contribution in [0.3, 0.4) is 0 Å². The molecule has 108 valence electrons. The third-order valence-electron chi connectivity index (χ3n) is 3.04. The molecule has 7 heteroatoms. The van der Waals surface area contributed by atoms with Crippen LogP contribution in [0.15, 0.2) is 34.7 Å². The fourth-order valence-corrected chi connectivity index (χ4v) is 3.24. The number of primary sulfonamides is 1. The summed E-state index contributed by atoms with van der Waals surface area (Å²) in [6.45, 7) is 4.73. The molecule has 0 radical (unpaired) electrons. The molecule has 5 nitrogen and oxygen atoms in total. The lowest BCUT2D eigenvalue weighted by atomic mass is 10.2. The summed E-state index contributed by atoms with van der Waals surface area (Å²) < 4.78 is 22.3. The van der Waals surface area contributed by atoms with Crippen molar-refractivity contribution >= 4 is 21.4 Å². The maximum Gasteiger partial charge on any atom is 0.238 e. The number of thiazole rings is 1. The molecule has 2 rings (SSSR count). The van der Waals surface area contributed by atoms with Gasteiger partial charge in [-0.05, 0) is 31.5 Å². The summed E-state index contributed by atoms with van der Waals surface area (Å²) in [7, 11) is -3.62. The molecular formula is C13H17N3O2S2. The minimum Gasteiger partial charge on any atom is -0.305 e. The van der Waals surface area contributed by atoms with Gasteiger partial charge in [0.15, 0.2) is 0 Å². The molecule has 0 bridgehead atoms. The first-order chi connectivity index (χ1) is 9.38. The Morgan fingerprint density at radius 2 is 2.00 bits per heavy atom. The Balaban J connectivity index is 2.00. The summed E-state index contributed by atoms with van der Waals surface area (Å²) in [5.41, 5.74) is 3.88. The molecule has 20 heavy (non-hydrogen) atoms. The van der Waals surface area contributed by atoms with Crippen LogP contribution >= 0.6 is 11.3 Å². The summed E-state index contributed by atoms with van der Waals surface area (Å²) in [4.78, 5) is 5.58. The second-order valence-electron chi connectivity index (χ2n) is 4.59. The molecule has 0 aliphatic heterocycles. The quantitative estimate of drug-likeness (QED) is 0.884. The van der Waals surface area contributed by atoms with Gasteiger partial charge in [0.25, 0.3) is 0 Å². The van der Waals surface area contributed by atoms with E-state index in [-0.39, 0.29) is 10.9 Å². The Morgan fingerprint density at radius 3 is 2.50 bits per heavy atom.